The highest BCUT2D eigenvalue weighted by molar-refractivity contribution is 6.33. The van der Waals surface area contributed by atoms with Gasteiger partial charge in [0.05, 0.1) is 17.4 Å². The van der Waals surface area contributed by atoms with Gasteiger partial charge in [0.2, 0.25) is 0 Å². The molecule has 0 atom stereocenters. The Hall–Kier alpha value is -1.88. The minimum absolute atomic E-state index is 0.149. The Morgan fingerprint density at radius 2 is 1.65 bits per heavy atom. The molecule has 2 aromatic rings. The molecule has 0 radical (unpaired) electrons. The smallest absolute Gasteiger partial charge is 0.288 e. The van der Waals surface area contributed by atoms with Gasteiger partial charge in [-0.2, -0.15) is 5.10 Å². The maximum atomic E-state index is 13.1. The molecule has 1 N–H and O–H groups in total. The molecule has 1 aromatic heterocycles. The molecule has 0 amide bonds. The van der Waals surface area contributed by atoms with Crippen LogP contribution in [0.2, 0.25) is 5.02 Å². The lowest BCUT2D eigenvalue weighted by Gasteiger charge is -2.56. The van der Waals surface area contributed by atoms with E-state index in [0.717, 1.165) is 37.0 Å². The molecular weight excluding hydrogens is 353 g/mol. The molecule has 1 aromatic carbocycles. The third kappa shape index (κ3) is 2.56. The summed E-state index contributed by atoms with van der Waals surface area (Å²) in [6, 6.07) is 5.94. The second kappa shape index (κ2) is 5.81. The number of anilines is 2. The maximum absolute atomic E-state index is 13.1. The third-order valence-corrected chi connectivity index (χ3v) is 6.86. The van der Waals surface area contributed by atoms with Crippen molar-refractivity contribution in [2.24, 2.45) is 17.8 Å². The van der Waals surface area contributed by atoms with Gasteiger partial charge in [-0.05, 0) is 80.5 Å². The Kier molecular flexibility index (Phi) is 3.64. The molecule has 6 rings (SSSR count). The van der Waals surface area contributed by atoms with E-state index in [-0.39, 0.29) is 21.9 Å². The Morgan fingerprint density at radius 3 is 2.23 bits per heavy atom. The minimum Gasteiger partial charge on any atom is -0.353 e. The standard InChI is InChI=1S/C20H21ClFN3O/c21-18-17(24-16-3-1-15(22)2-4-16)11-23-25(19(18)26)20-8-12-5-13(9-20)7-14(6-12)10-20/h1-4,11-14,24H,5-10H2. The van der Waals surface area contributed by atoms with Gasteiger partial charge in [-0.15, -0.1) is 0 Å². The second-order valence-electron chi connectivity index (χ2n) is 8.36. The third-order valence-electron chi connectivity index (χ3n) is 6.50. The first-order valence-corrected chi connectivity index (χ1v) is 9.71. The number of rotatable bonds is 3. The highest BCUT2D eigenvalue weighted by Crippen LogP contribution is 2.58. The van der Waals surface area contributed by atoms with Crippen LogP contribution in [0, 0.1) is 23.6 Å². The summed E-state index contributed by atoms with van der Waals surface area (Å²) in [6.07, 6.45) is 8.71. The SMILES string of the molecule is O=c1c(Cl)c(Nc2ccc(F)cc2)cnn1C12CC3CC(CC(C3)C1)C2. The van der Waals surface area contributed by atoms with Crippen molar-refractivity contribution in [2.75, 3.05) is 5.32 Å². The molecule has 136 valence electrons. The monoisotopic (exact) mass is 373 g/mol. The van der Waals surface area contributed by atoms with E-state index in [4.69, 9.17) is 11.6 Å². The zero-order chi connectivity index (χ0) is 17.9. The van der Waals surface area contributed by atoms with Crippen LogP contribution in [0.4, 0.5) is 15.8 Å². The molecule has 4 saturated carbocycles. The van der Waals surface area contributed by atoms with Gasteiger partial charge in [-0.25, -0.2) is 9.07 Å². The van der Waals surface area contributed by atoms with Gasteiger partial charge >= 0.3 is 0 Å². The van der Waals surface area contributed by atoms with Crippen molar-refractivity contribution in [3.8, 4) is 0 Å². The van der Waals surface area contributed by atoms with E-state index < -0.39 is 0 Å². The van der Waals surface area contributed by atoms with Crippen LogP contribution in [0.15, 0.2) is 35.3 Å². The molecule has 4 aliphatic rings. The molecule has 0 spiro atoms. The predicted octanol–water partition coefficient (Wildman–Crippen LogP) is 4.70. The van der Waals surface area contributed by atoms with Crippen LogP contribution in [-0.2, 0) is 5.54 Å². The van der Waals surface area contributed by atoms with Gasteiger partial charge in [0.15, 0.2) is 0 Å². The first-order chi connectivity index (χ1) is 12.5. The Bertz CT molecular complexity index is 873. The minimum atomic E-state index is -0.308. The van der Waals surface area contributed by atoms with Crippen molar-refractivity contribution < 1.29 is 4.39 Å². The van der Waals surface area contributed by atoms with Crippen LogP contribution in [0.3, 0.4) is 0 Å². The molecule has 4 aliphatic carbocycles. The van der Waals surface area contributed by atoms with Gasteiger partial charge in [-0.1, -0.05) is 11.6 Å². The van der Waals surface area contributed by atoms with Crippen LogP contribution in [-0.4, -0.2) is 9.78 Å². The summed E-state index contributed by atoms with van der Waals surface area (Å²) in [4.78, 5) is 13.0. The van der Waals surface area contributed by atoms with Crippen LogP contribution in [0.1, 0.15) is 38.5 Å². The van der Waals surface area contributed by atoms with E-state index in [9.17, 15) is 9.18 Å². The molecule has 4 nitrogen and oxygen atoms in total. The lowest BCUT2D eigenvalue weighted by molar-refractivity contribution is -0.0518. The summed E-state index contributed by atoms with van der Waals surface area (Å²) >= 11 is 6.41. The molecule has 4 fully saturated rings. The van der Waals surface area contributed by atoms with E-state index in [1.165, 1.54) is 31.4 Å². The fraction of sp³-hybridized carbons (Fsp3) is 0.500. The molecular formula is C20H21ClFN3O. The zero-order valence-electron chi connectivity index (χ0n) is 14.4. The highest BCUT2D eigenvalue weighted by atomic mass is 35.5. The van der Waals surface area contributed by atoms with E-state index in [1.807, 2.05) is 0 Å². The Labute approximate surface area is 156 Å². The highest BCUT2D eigenvalue weighted by Gasteiger charge is 2.53. The number of hydrogen-bond donors (Lipinski definition) is 1. The van der Waals surface area contributed by atoms with E-state index in [0.29, 0.717) is 11.4 Å². The maximum Gasteiger partial charge on any atom is 0.288 e. The average molecular weight is 374 g/mol. The summed E-state index contributed by atoms with van der Waals surface area (Å²) in [5, 5.41) is 7.75. The number of aromatic nitrogens is 2. The van der Waals surface area contributed by atoms with Gasteiger partial charge in [0.25, 0.3) is 5.56 Å². The van der Waals surface area contributed by atoms with Crippen molar-refractivity contribution in [3.63, 3.8) is 0 Å². The van der Waals surface area contributed by atoms with Gasteiger partial charge < -0.3 is 5.32 Å². The van der Waals surface area contributed by atoms with Crippen LogP contribution in [0.25, 0.3) is 0 Å². The number of nitrogens with zero attached hydrogens (tertiary/aromatic N) is 2. The van der Waals surface area contributed by atoms with Crippen LogP contribution in [0.5, 0.6) is 0 Å². The van der Waals surface area contributed by atoms with Crippen LogP contribution < -0.4 is 10.9 Å². The normalized spacial score (nSPS) is 32.0. The molecule has 6 heteroatoms. The number of nitrogens with one attached hydrogen (secondary N) is 1. The molecule has 1 heterocycles. The van der Waals surface area contributed by atoms with Crippen molar-refractivity contribution in [3.05, 3.63) is 51.7 Å². The number of halogens is 2. The van der Waals surface area contributed by atoms with Gasteiger partial charge in [0.1, 0.15) is 10.8 Å². The summed E-state index contributed by atoms with van der Waals surface area (Å²) in [6.45, 7) is 0. The molecule has 0 saturated heterocycles. The summed E-state index contributed by atoms with van der Waals surface area (Å²) in [5.74, 6) is 1.87. The largest absolute Gasteiger partial charge is 0.353 e. The number of benzene rings is 1. The van der Waals surface area contributed by atoms with Crippen molar-refractivity contribution in [2.45, 2.75) is 44.1 Å². The van der Waals surface area contributed by atoms with Crippen molar-refractivity contribution in [1.29, 1.82) is 0 Å². The Balaban J connectivity index is 1.49. The predicted molar refractivity (Wildman–Crippen MR) is 99.3 cm³/mol. The van der Waals surface area contributed by atoms with E-state index in [2.05, 4.69) is 10.4 Å². The summed E-state index contributed by atoms with van der Waals surface area (Å²) in [5.41, 5.74) is 0.760. The van der Waals surface area contributed by atoms with Gasteiger partial charge in [0, 0.05) is 5.69 Å². The quantitative estimate of drug-likeness (QED) is 0.847. The Morgan fingerprint density at radius 1 is 1.08 bits per heavy atom. The number of hydrogen-bond acceptors (Lipinski definition) is 3. The van der Waals surface area contributed by atoms with Crippen LogP contribution >= 0.6 is 11.6 Å². The lowest BCUT2D eigenvalue weighted by atomic mass is 9.53. The topological polar surface area (TPSA) is 46.9 Å². The van der Waals surface area contributed by atoms with Crippen molar-refractivity contribution >= 4 is 23.0 Å². The first-order valence-electron chi connectivity index (χ1n) is 9.33. The second-order valence-corrected chi connectivity index (χ2v) is 8.74. The molecule has 0 unspecified atom stereocenters. The summed E-state index contributed by atoms with van der Waals surface area (Å²) < 4.78 is 14.7. The first kappa shape index (κ1) is 16.3. The zero-order valence-corrected chi connectivity index (χ0v) is 15.2. The van der Waals surface area contributed by atoms with E-state index in [1.54, 1.807) is 23.0 Å². The molecule has 26 heavy (non-hydrogen) atoms. The fourth-order valence-corrected chi connectivity index (χ4v) is 6.05. The summed E-state index contributed by atoms with van der Waals surface area (Å²) in [7, 11) is 0. The van der Waals surface area contributed by atoms with Gasteiger partial charge in [-0.3, -0.25) is 4.79 Å². The average Bonchev–Trinajstić information content (AvgIpc) is 2.59. The van der Waals surface area contributed by atoms with Crippen molar-refractivity contribution in [1.82, 2.24) is 9.78 Å². The fourth-order valence-electron chi connectivity index (χ4n) is 5.87. The molecule has 0 aliphatic heterocycles. The van der Waals surface area contributed by atoms with E-state index >= 15 is 0 Å². The molecule has 4 bridgehead atoms. The lowest BCUT2D eigenvalue weighted by Crippen LogP contribution is -2.55.